The van der Waals surface area contributed by atoms with Crippen LogP contribution in [0.5, 0.6) is 5.75 Å². The van der Waals surface area contributed by atoms with E-state index in [-0.39, 0.29) is 34.5 Å². The molecule has 0 radical (unpaired) electrons. The molecule has 8 heteroatoms. The van der Waals surface area contributed by atoms with Gasteiger partial charge in [0.15, 0.2) is 0 Å². The topological polar surface area (TPSA) is 39.4 Å². The fraction of sp³-hybridized carbons (Fsp3) is 0.0870. The molecule has 0 spiro atoms. The van der Waals surface area contributed by atoms with Crippen LogP contribution >= 0.6 is 15.9 Å². The lowest BCUT2D eigenvalue weighted by molar-refractivity contribution is -0.152. The summed E-state index contributed by atoms with van der Waals surface area (Å²) in [6.45, 7) is -0.133. The van der Waals surface area contributed by atoms with Gasteiger partial charge >= 0.3 is 6.18 Å². The van der Waals surface area contributed by atoms with Crippen molar-refractivity contribution in [2.75, 3.05) is 0 Å². The first-order valence-corrected chi connectivity index (χ1v) is 9.83. The Morgan fingerprint density at radius 1 is 0.968 bits per heavy atom. The Kier molecular flexibility index (Phi) is 5.58. The Balaban J connectivity index is 1.80. The second kappa shape index (κ2) is 8.19. The number of rotatable bonds is 4. The van der Waals surface area contributed by atoms with Gasteiger partial charge in [-0.3, -0.25) is 4.79 Å². The highest BCUT2D eigenvalue weighted by atomic mass is 79.9. The molecule has 4 rings (SSSR count). The maximum atomic E-state index is 13.7. The maximum absolute atomic E-state index is 13.7. The second-order valence-electron chi connectivity index (χ2n) is 6.68. The van der Waals surface area contributed by atoms with E-state index in [4.69, 9.17) is 9.15 Å². The SMILES string of the molecule is O=c1c(-c2ccc(Br)cc2)c(C(F)(F)F)oc2cc(OCc3ccccc3F)ccc12. The van der Waals surface area contributed by atoms with Crippen LogP contribution in [0.3, 0.4) is 0 Å². The fourth-order valence-electron chi connectivity index (χ4n) is 3.12. The molecule has 1 aromatic heterocycles. The van der Waals surface area contributed by atoms with Crippen molar-refractivity contribution in [3.8, 4) is 16.9 Å². The van der Waals surface area contributed by atoms with Crippen molar-refractivity contribution in [2.24, 2.45) is 0 Å². The second-order valence-corrected chi connectivity index (χ2v) is 7.59. The predicted octanol–water partition coefficient (Wildman–Crippen LogP) is 6.96. The third kappa shape index (κ3) is 4.34. The molecular weight excluding hydrogens is 480 g/mol. The van der Waals surface area contributed by atoms with Crippen LogP contribution in [0.1, 0.15) is 11.3 Å². The molecular formula is C23H13BrF4O3. The monoisotopic (exact) mass is 492 g/mol. The highest BCUT2D eigenvalue weighted by Crippen LogP contribution is 2.38. The van der Waals surface area contributed by atoms with E-state index in [0.29, 0.717) is 4.47 Å². The molecule has 0 aliphatic rings. The normalized spacial score (nSPS) is 11.6. The number of benzene rings is 3. The molecule has 0 bridgehead atoms. The van der Waals surface area contributed by atoms with Crippen LogP contribution in [-0.2, 0) is 12.8 Å². The number of ether oxygens (including phenoxy) is 1. The van der Waals surface area contributed by atoms with Crippen LogP contribution in [0.4, 0.5) is 17.6 Å². The summed E-state index contributed by atoms with van der Waals surface area (Å²) in [4.78, 5) is 13.0. The summed E-state index contributed by atoms with van der Waals surface area (Å²) in [6, 6.07) is 15.8. The van der Waals surface area contributed by atoms with Crippen LogP contribution < -0.4 is 10.2 Å². The van der Waals surface area contributed by atoms with Gasteiger partial charge in [0, 0.05) is 16.1 Å². The Labute approximate surface area is 182 Å². The highest BCUT2D eigenvalue weighted by Gasteiger charge is 2.39. The van der Waals surface area contributed by atoms with Crippen molar-refractivity contribution in [1.82, 2.24) is 0 Å². The molecule has 158 valence electrons. The number of hydrogen-bond acceptors (Lipinski definition) is 3. The summed E-state index contributed by atoms with van der Waals surface area (Å²) < 4.78 is 66.2. The van der Waals surface area contributed by atoms with E-state index in [2.05, 4.69) is 15.9 Å². The smallest absolute Gasteiger partial charge is 0.450 e. The summed E-state index contributed by atoms with van der Waals surface area (Å²) in [5.74, 6) is -1.71. The van der Waals surface area contributed by atoms with Gasteiger partial charge in [0.25, 0.3) is 0 Å². The Morgan fingerprint density at radius 3 is 2.35 bits per heavy atom. The first kappa shape index (κ1) is 21.1. The van der Waals surface area contributed by atoms with E-state index in [1.165, 1.54) is 48.5 Å². The van der Waals surface area contributed by atoms with Gasteiger partial charge in [-0.05, 0) is 35.9 Å². The fourth-order valence-corrected chi connectivity index (χ4v) is 3.38. The number of halogens is 5. The predicted molar refractivity (Wildman–Crippen MR) is 111 cm³/mol. The minimum Gasteiger partial charge on any atom is -0.489 e. The van der Waals surface area contributed by atoms with Crippen molar-refractivity contribution in [3.63, 3.8) is 0 Å². The molecule has 0 aliphatic heterocycles. The lowest BCUT2D eigenvalue weighted by atomic mass is 10.0. The minimum absolute atomic E-state index is 0.0239. The van der Waals surface area contributed by atoms with Crippen molar-refractivity contribution in [3.05, 3.63) is 98.6 Å². The zero-order valence-corrected chi connectivity index (χ0v) is 17.3. The number of alkyl halides is 3. The molecule has 3 nitrogen and oxygen atoms in total. The third-order valence-corrected chi connectivity index (χ3v) is 5.14. The van der Waals surface area contributed by atoms with E-state index < -0.39 is 28.7 Å². The van der Waals surface area contributed by atoms with Gasteiger partial charge in [-0.1, -0.05) is 46.3 Å². The molecule has 0 saturated carbocycles. The van der Waals surface area contributed by atoms with E-state index in [1.807, 2.05) is 0 Å². The van der Waals surface area contributed by atoms with Crippen molar-refractivity contribution >= 4 is 26.9 Å². The van der Waals surface area contributed by atoms with Gasteiger partial charge in [-0.2, -0.15) is 13.2 Å². The molecule has 0 atom stereocenters. The summed E-state index contributed by atoms with van der Waals surface area (Å²) in [6.07, 6.45) is -4.89. The third-order valence-electron chi connectivity index (χ3n) is 4.61. The van der Waals surface area contributed by atoms with Crippen molar-refractivity contribution in [1.29, 1.82) is 0 Å². The van der Waals surface area contributed by atoms with Crippen LogP contribution in [0.15, 0.2) is 80.4 Å². The molecule has 0 N–H and O–H groups in total. The summed E-state index contributed by atoms with van der Waals surface area (Å²) >= 11 is 3.22. The molecule has 3 aromatic carbocycles. The molecule has 0 aliphatic carbocycles. The lowest BCUT2D eigenvalue weighted by Gasteiger charge is -2.13. The van der Waals surface area contributed by atoms with Gasteiger partial charge in [0.05, 0.1) is 10.9 Å². The summed E-state index contributed by atoms with van der Waals surface area (Å²) in [7, 11) is 0. The molecule has 1 heterocycles. The van der Waals surface area contributed by atoms with Gasteiger partial charge in [0.1, 0.15) is 23.8 Å². The summed E-state index contributed by atoms with van der Waals surface area (Å²) in [5, 5.41) is -0.0239. The molecule has 4 aromatic rings. The minimum atomic E-state index is -4.89. The zero-order valence-electron chi connectivity index (χ0n) is 15.7. The van der Waals surface area contributed by atoms with Crippen LogP contribution in [0.25, 0.3) is 22.1 Å². The zero-order chi connectivity index (χ0) is 22.2. The molecule has 0 unspecified atom stereocenters. The first-order chi connectivity index (χ1) is 14.7. The lowest BCUT2D eigenvalue weighted by Crippen LogP contribution is -2.16. The van der Waals surface area contributed by atoms with Crippen molar-refractivity contribution in [2.45, 2.75) is 12.8 Å². The van der Waals surface area contributed by atoms with Crippen molar-refractivity contribution < 1.29 is 26.7 Å². The van der Waals surface area contributed by atoms with Gasteiger partial charge in [-0.15, -0.1) is 0 Å². The van der Waals surface area contributed by atoms with Crippen LogP contribution in [0, 0.1) is 5.82 Å². The van der Waals surface area contributed by atoms with Crippen LogP contribution in [-0.4, -0.2) is 0 Å². The number of fused-ring (bicyclic) bond motifs is 1. The Morgan fingerprint density at radius 2 is 1.68 bits per heavy atom. The maximum Gasteiger partial charge on any atom is 0.450 e. The Bertz CT molecular complexity index is 1310. The standard InChI is InChI=1S/C23H13BrF4O3/c24-15-7-5-13(6-8-15)20-21(29)17-10-9-16(11-19(17)31-22(20)23(26,27)28)30-12-14-3-1-2-4-18(14)25/h1-11H,12H2. The largest absolute Gasteiger partial charge is 0.489 e. The van der Waals surface area contributed by atoms with E-state index in [0.717, 1.165) is 0 Å². The van der Waals surface area contributed by atoms with E-state index >= 15 is 0 Å². The average molecular weight is 493 g/mol. The molecule has 0 amide bonds. The molecule has 0 saturated heterocycles. The van der Waals surface area contributed by atoms with Crippen LogP contribution in [0.2, 0.25) is 0 Å². The average Bonchev–Trinajstić information content (AvgIpc) is 2.73. The highest BCUT2D eigenvalue weighted by molar-refractivity contribution is 9.10. The quantitative estimate of drug-likeness (QED) is 0.289. The summed E-state index contributed by atoms with van der Waals surface area (Å²) in [5.41, 5.74) is -1.27. The molecule has 0 fully saturated rings. The van der Waals surface area contributed by atoms with E-state index in [9.17, 15) is 22.4 Å². The first-order valence-electron chi connectivity index (χ1n) is 9.04. The van der Waals surface area contributed by atoms with Gasteiger partial charge in [-0.25, -0.2) is 4.39 Å². The molecule has 31 heavy (non-hydrogen) atoms. The Hall–Kier alpha value is -3.13. The van der Waals surface area contributed by atoms with E-state index in [1.54, 1.807) is 18.2 Å². The van der Waals surface area contributed by atoms with Gasteiger partial charge in [0.2, 0.25) is 11.2 Å². The van der Waals surface area contributed by atoms with Gasteiger partial charge < -0.3 is 9.15 Å². The number of hydrogen-bond donors (Lipinski definition) is 0.